The van der Waals surface area contributed by atoms with Crippen molar-refractivity contribution in [1.29, 1.82) is 0 Å². The monoisotopic (exact) mass is 536 g/mol. The normalized spacial score (nSPS) is 11.8. The summed E-state index contributed by atoms with van der Waals surface area (Å²) in [6.07, 6.45) is 2.16. The largest absolute Gasteiger partial charge is 0.316 e. The molecule has 0 saturated carbocycles. The molecule has 0 radical (unpaired) electrons. The minimum atomic E-state index is 0.669. The summed E-state index contributed by atoms with van der Waals surface area (Å²) in [6.45, 7) is 0. The van der Waals surface area contributed by atoms with Crippen molar-refractivity contribution in [2.45, 2.75) is 0 Å². The first-order chi connectivity index (χ1) is 20.8. The number of para-hydroxylation sites is 3. The lowest BCUT2D eigenvalue weighted by molar-refractivity contribution is 1.02. The molecule has 0 fully saturated rings. The van der Waals surface area contributed by atoms with E-state index in [0.29, 0.717) is 5.95 Å². The molecule has 0 saturated heterocycles. The average Bonchev–Trinajstić information content (AvgIpc) is 3.64. The van der Waals surface area contributed by atoms with Gasteiger partial charge in [0.2, 0.25) is 5.95 Å². The van der Waals surface area contributed by atoms with Gasteiger partial charge in [-0.3, -0.25) is 4.57 Å². The lowest BCUT2D eigenvalue weighted by Gasteiger charge is -2.13. The second kappa shape index (κ2) is 8.88. The van der Waals surface area contributed by atoms with Crippen molar-refractivity contribution in [3.8, 4) is 22.9 Å². The van der Waals surface area contributed by atoms with Gasteiger partial charge in [0.15, 0.2) is 0 Å². The van der Waals surface area contributed by atoms with Crippen LogP contribution in [0, 0.1) is 0 Å². The van der Waals surface area contributed by atoms with Gasteiger partial charge in [0.1, 0.15) is 0 Å². The Morgan fingerprint density at radius 2 is 1.19 bits per heavy atom. The van der Waals surface area contributed by atoms with E-state index in [1.165, 1.54) is 21.5 Å². The third-order valence-electron chi connectivity index (χ3n) is 8.37. The molecule has 196 valence electrons. The SMILES string of the molecule is c1ccc(-n2ccc3c2ccc2c4ccccc4n(-c4nc(-c5cccc6ccccc56)c5ccccc5n4)c23)cc1. The van der Waals surface area contributed by atoms with Gasteiger partial charge in [0, 0.05) is 39.0 Å². The summed E-state index contributed by atoms with van der Waals surface area (Å²) in [7, 11) is 0. The molecule has 4 heteroatoms. The van der Waals surface area contributed by atoms with Crippen molar-refractivity contribution in [2.75, 3.05) is 0 Å². The summed E-state index contributed by atoms with van der Waals surface area (Å²) < 4.78 is 4.50. The van der Waals surface area contributed by atoms with Crippen LogP contribution in [-0.4, -0.2) is 19.1 Å². The first-order valence-corrected chi connectivity index (χ1v) is 14.2. The molecule has 0 atom stereocenters. The molecule has 6 aromatic carbocycles. The molecule has 0 aliphatic rings. The third kappa shape index (κ3) is 3.29. The Morgan fingerprint density at radius 3 is 2.10 bits per heavy atom. The third-order valence-corrected chi connectivity index (χ3v) is 8.37. The van der Waals surface area contributed by atoms with E-state index in [1.54, 1.807) is 0 Å². The van der Waals surface area contributed by atoms with Gasteiger partial charge in [0.05, 0.1) is 27.8 Å². The molecular formula is C38H24N4. The van der Waals surface area contributed by atoms with Gasteiger partial charge in [-0.25, -0.2) is 9.97 Å². The first-order valence-electron chi connectivity index (χ1n) is 14.2. The zero-order valence-electron chi connectivity index (χ0n) is 22.6. The van der Waals surface area contributed by atoms with E-state index in [2.05, 4.69) is 155 Å². The van der Waals surface area contributed by atoms with E-state index in [1.807, 2.05) is 0 Å². The van der Waals surface area contributed by atoms with Gasteiger partial charge < -0.3 is 4.57 Å². The summed E-state index contributed by atoms with van der Waals surface area (Å²) in [5.74, 6) is 0.669. The van der Waals surface area contributed by atoms with E-state index in [0.717, 1.165) is 49.8 Å². The Bertz CT molecular complexity index is 2460. The molecule has 3 aromatic heterocycles. The fraction of sp³-hybridized carbons (Fsp3) is 0. The Labute approximate surface area is 241 Å². The molecule has 0 unspecified atom stereocenters. The summed E-state index contributed by atoms with van der Waals surface area (Å²) in [5.41, 5.74) is 7.45. The molecule has 0 N–H and O–H groups in total. The smallest absolute Gasteiger partial charge is 0.235 e. The van der Waals surface area contributed by atoms with Crippen LogP contribution in [0.3, 0.4) is 0 Å². The molecule has 0 bridgehead atoms. The molecule has 0 aliphatic carbocycles. The maximum Gasteiger partial charge on any atom is 0.235 e. The number of nitrogens with zero attached hydrogens (tertiary/aromatic N) is 4. The van der Waals surface area contributed by atoms with Gasteiger partial charge in [-0.15, -0.1) is 0 Å². The fourth-order valence-electron chi connectivity index (χ4n) is 6.50. The maximum absolute atomic E-state index is 5.38. The van der Waals surface area contributed by atoms with Crippen molar-refractivity contribution in [1.82, 2.24) is 19.1 Å². The van der Waals surface area contributed by atoms with Gasteiger partial charge in [-0.05, 0) is 47.2 Å². The summed E-state index contributed by atoms with van der Waals surface area (Å²) in [4.78, 5) is 10.6. The van der Waals surface area contributed by atoms with Crippen LogP contribution in [0.15, 0.2) is 146 Å². The number of rotatable bonds is 3. The van der Waals surface area contributed by atoms with Crippen LogP contribution in [0.4, 0.5) is 0 Å². The van der Waals surface area contributed by atoms with Crippen LogP contribution in [0.25, 0.3) is 77.3 Å². The molecule has 9 aromatic rings. The second-order valence-electron chi connectivity index (χ2n) is 10.7. The van der Waals surface area contributed by atoms with Crippen molar-refractivity contribution in [3.63, 3.8) is 0 Å². The number of aromatic nitrogens is 4. The number of hydrogen-bond donors (Lipinski definition) is 0. The van der Waals surface area contributed by atoms with Crippen molar-refractivity contribution in [3.05, 3.63) is 146 Å². The van der Waals surface area contributed by atoms with Crippen molar-refractivity contribution < 1.29 is 0 Å². The first kappa shape index (κ1) is 23.0. The Kier molecular flexibility index (Phi) is 4.87. The second-order valence-corrected chi connectivity index (χ2v) is 10.7. The standard InChI is InChI=1S/C38H24N4/c1-2-13-26(14-3-1)41-24-23-32-34(41)22-21-30-28-16-7-9-20-35(28)42(37(30)32)38-39-33-19-8-6-17-31(33)36(40-38)29-18-10-12-25-11-4-5-15-27(25)29/h1-24H. The van der Waals surface area contributed by atoms with E-state index in [9.17, 15) is 0 Å². The van der Waals surface area contributed by atoms with Crippen LogP contribution in [0.1, 0.15) is 0 Å². The van der Waals surface area contributed by atoms with Crippen molar-refractivity contribution >= 4 is 54.4 Å². The van der Waals surface area contributed by atoms with E-state index >= 15 is 0 Å². The maximum atomic E-state index is 5.38. The van der Waals surface area contributed by atoms with Gasteiger partial charge in [-0.2, -0.15) is 0 Å². The van der Waals surface area contributed by atoms with E-state index in [-0.39, 0.29) is 0 Å². The van der Waals surface area contributed by atoms with Crippen LogP contribution in [0.2, 0.25) is 0 Å². The van der Waals surface area contributed by atoms with Gasteiger partial charge >= 0.3 is 0 Å². The van der Waals surface area contributed by atoms with E-state index in [4.69, 9.17) is 9.97 Å². The molecular weight excluding hydrogens is 512 g/mol. The van der Waals surface area contributed by atoms with Crippen LogP contribution < -0.4 is 0 Å². The topological polar surface area (TPSA) is 35.6 Å². The van der Waals surface area contributed by atoms with Crippen LogP contribution in [0.5, 0.6) is 0 Å². The highest BCUT2D eigenvalue weighted by molar-refractivity contribution is 6.18. The molecule has 3 heterocycles. The average molecular weight is 537 g/mol. The van der Waals surface area contributed by atoms with Gasteiger partial charge in [-0.1, -0.05) is 103 Å². The van der Waals surface area contributed by atoms with Crippen molar-refractivity contribution in [2.24, 2.45) is 0 Å². The summed E-state index contributed by atoms with van der Waals surface area (Å²) in [5, 5.41) is 6.95. The number of hydrogen-bond acceptors (Lipinski definition) is 2. The molecule has 0 spiro atoms. The Hall–Kier alpha value is -5.74. The number of fused-ring (bicyclic) bond motifs is 7. The Morgan fingerprint density at radius 1 is 0.452 bits per heavy atom. The highest BCUT2D eigenvalue weighted by Gasteiger charge is 2.20. The Balaban J connectivity index is 1.41. The zero-order valence-corrected chi connectivity index (χ0v) is 22.6. The van der Waals surface area contributed by atoms with Crippen LogP contribution in [-0.2, 0) is 0 Å². The van der Waals surface area contributed by atoms with E-state index < -0.39 is 0 Å². The van der Waals surface area contributed by atoms with Crippen LogP contribution >= 0.6 is 0 Å². The zero-order chi connectivity index (χ0) is 27.6. The molecule has 4 nitrogen and oxygen atoms in total. The predicted octanol–water partition coefficient (Wildman–Crippen LogP) is 9.49. The molecule has 9 rings (SSSR count). The summed E-state index contributed by atoms with van der Waals surface area (Å²) >= 11 is 0. The lowest BCUT2D eigenvalue weighted by Crippen LogP contribution is -2.04. The summed E-state index contributed by atoms with van der Waals surface area (Å²) in [6, 6.07) is 49.0. The van der Waals surface area contributed by atoms with Gasteiger partial charge in [0.25, 0.3) is 0 Å². The predicted molar refractivity (Wildman–Crippen MR) is 174 cm³/mol. The quantitative estimate of drug-likeness (QED) is 0.225. The minimum Gasteiger partial charge on any atom is -0.316 e. The number of benzene rings is 6. The lowest BCUT2D eigenvalue weighted by atomic mass is 9.99. The molecule has 0 amide bonds. The fourth-order valence-corrected chi connectivity index (χ4v) is 6.50. The highest BCUT2D eigenvalue weighted by Crippen LogP contribution is 2.38. The minimum absolute atomic E-state index is 0.669. The molecule has 42 heavy (non-hydrogen) atoms. The highest BCUT2D eigenvalue weighted by atomic mass is 15.2. The molecule has 0 aliphatic heterocycles.